The molecule has 15 heavy (non-hydrogen) atoms. The number of nitrogens with zero attached hydrogens (tertiary/aromatic N) is 1. The molecule has 5 heteroatoms. The fraction of sp³-hybridized carbons (Fsp3) is 0.400. The molecular formula is C10H14N2O3. The highest BCUT2D eigenvalue weighted by Gasteiger charge is 2.20. The summed E-state index contributed by atoms with van der Waals surface area (Å²) in [5.74, 6) is -0.226. The predicted molar refractivity (Wildman–Crippen MR) is 57.9 cm³/mol. The van der Waals surface area contributed by atoms with Crippen molar-refractivity contribution < 1.29 is 10.0 Å². The number of nitrogen functional groups attached to an aromatic ring is 1. The normalized spacial score (nSPS) is 12.4. The van der Waals surface area contributed by atoms with E-state index in [-0.39, 0.29) is 17.4 Å². The van der Waals surface area contributed by atoms with E-state index in [1.165, 1.54) is 6.07 Å². The van der Waals surface area contributed by atoms with Crippen molar-refractivity contribution in [3.8, 4) is 5.75 Å². The lowest BCUT2D eigenvalue weighted by Crippen LogP contribution is -1.99. The van der Waals surface area contributed by atoms with Crippen LogP contribution >= 0.6 is 0 Å². The van der Waals surface area contributed by atoms with E-state index in [4.69, 9.17) is 5.73 Å². The fourth-order valence-corrected chi connectivity index (χ4v) is 1.40. The number of phenols is 1. The lowest BCUT2D eigenvalue weighted by atomic mass is 9.96. The Labute approximate surface area is 87.7 Å². The number of benzene rings is 1. The van der Waals surface area contributed by atoms with E-state index in [2.05, 4.69) is 0 Å². The minimum Gasteiger partial charge on any atom is -0.502 e. The molecule has 0 fully saturated rings. The van der Waals surface area contributed by atoms with Gasteiger partial charge in [-0.15, -0.1) is 0 Å². The lowest BCUT2D eigenvalue weighted by molar-refractivity contribution is -0.385. The van der Waals surface area contributed by atoms with E-state index in [0.717, 1.165) is 6.42 Å². The molecule has 0 aromatic heterocycles. The van der Waals surface area contributed by atoms with E-state index < -0.39 is 4.92 Å². The van der Waals surface area contributed by atoms with Crippen LogP contribution in [-0.4, -0.2) is 10.0 Å². The monoisotopic (exact) mass is 210 g/mol. The van der Waals surface area contributed by atoms with E-state index in [0.29, 0.717) is 11.3 Å². The smallest absolute Gasteiger partial charge is 0.313 e. The van der Waals surface area contributed by atoms with Gasteiger partial charge < -0.3 is 10.8 Å². The Morgan fingerprint density at radius 2 is 2.20 bits per heavy atom. The zero-order chi connectivity index (χ0) is 11.6. The summed E-state index contributed by atoms with van der Waals surface area (Å²) in [6.07, 6.45) is 0.786. The molecule has 0 saturated heterocycles. The van der Waals surface area contributed by atoms with Crippen LogP contribution in [0.2, 0.25) is 0 Å². The van der Waals surface area contributed by atoms with Crippen LogP contribution in [0.3, 0.4) is 0 Å². The third-order valence-electron chi connectivity index (χ3n) is 2.48. The van der Waals surface area contributed by atoms with Gasteiger partial charge in [0.15, 0.2) is 5.75 Å². The summed E-state index contributed by atoms with van der Waals surface area (Å²) in [5.41, 5.74) is 6.05. The van der Waals surface area contributed by atoms with Crippen molar-refractivity contribution in [1.29, 1.82) is 0 Å². The summed E-state index contributed by atoms with van der Waals surface area (Å²) in [6.45, 7) is 3.83. The van der Waals surface area contributed by atoms with Gasteiger partial charge in [0.1, 0.15) is 0 Å². The maximum Gasteiger partial charge on any atom is 0.313 e. The van der Waals surface area contributed by atoms with Gasteiger partial charge in [-0.2, -0.15) is 0 Å². The van der Waals surface area contributed by atoms with Gasteiger partial charge in [0.05, 0.1) is 4.92 Å². The minimum absolute atomic E-state index is 0.0483. The predicted octanol–water partition coefficient (Wildman–Crippen LogP) is 2.40. The highest BCUT2D eigenvalue weighted by Crippen LogP contribution is 2.37. The molecule has 82 valence electrons. The first-order chi connectivity index (χ1) is 6.97. The molecule has 0 saturated carbocycles. The number of hydrogen-bond acceptors (Lipinski definition) is 4. The molecule has 0 heterocycles. The summed E-state index contributed by atoms with van der Waals surface area (Å²) >= 11 is 0. The second-order valence-corrected chi connectivity index (χ2v) is 3.54. The fourth-order valence-electron chi connectivity index (χ4n) is 1.40. The first-order valence-electron chi connectivity index (χ1n) is 4.74. The number of phenolic OH excluding ortho intramolecular Hbond substituents is 1. The molecule has 1 unspecified atom stereocenters. The second kappa shape index (κ2) is 4.16. The largest absolute Gasteiger partial charge is 0.502 e. The molecule has 0 aliphatic rings. The Hall–Kier alpha value is -1.78. The molecule has 0 aliphatic heterocycles. The van der Waals surface area contributed by atoms with Gasteiger partial charge in [0, 0.05) is 17.3 Å². The Kier molecular flexibility index (Phi) is 3.14. The first-order valence-corrected chi connectivity index (χ1v) is 4.74. The van der Waals surface area contributed by atoms with Gasteiger partial charge in [-0.05, 0) is 18.4 Å². The van der Waals surface area contributed by atoms with Crippen LogP contribution in [0, 0.1) is 10.1 Å². The highest BCUT2D eigenvalue weighted by molar-refractivity contribution is 5.61. The third-order valence-corrected chi connectivity index (χ3v) is 2.48. The molecule has 0 amide bonds. The highest BCUT2D eigenvalue weighted by atomic mass is 16.6. The van der Waals surface area contributed by atoms with Crippen LogP contribution in [0.25, 0.3) is 0 Å². The molecule has 5 nitrogen and oxygen atoms in total. The van der Waals surface area contributed by atoms with Crippen molar-refractivity contribution in [2.45, 2.75) is 26.2 Å². The number of anilines is 1. The van der Waals surface area contributed by atoms with Gasteiger partial charge >= 0.3 is 5.69 Å². The summed E-state index contributed by atoms with van der Waals surface area (Å²) in [6, 6.07) is 2.75. The molecule has 0 spiro atoms. The van der Waals surface area contributed by atoms with Crippen molar-refractivity contribution in [2.75, 3.05) is 5.73 Å². The van der Waals surface area contributed by atoms with E-state index in [9.17, 15) is 15.2 Å². The zero-order valence-corrected chi connectivity index (χ0v) is 8.73. The summed E-state index contributed by atoms with van der Waals surface area (Å²) < 4.78 is 0. The molecule has 3 N–H and O–H groups in total. The molecule has 0 radical (unpaired) electrons. The van der Waals surface area contributed by atoms with Crippen LogP contribution in [0.15, 0.2) is 12.1 Å². The van der Waals surface area contributed by atoms with E-state index in [1.54, 1.807) is 6.07 Å². The Morgan fingerprint density at radius 1 is 1.60 bits per heavy atom. The zero-order valence-electron chi connectivity index (χ0n) is 8.73. The maximum absolute atomic E-state index is 10.6. The lowest BCUT2D eigenvalue weighted by Gasteiger charge is -2.11. The number of hydrogen-bond donors (Lipinski definition) is 2. The van der Waals surface area contributed by atoms with Crippen LogP contribution in [0.1, 0.15) is 31.7 Å². The topological polar surface area (TPSA) is 89.4 Å². The van der Waals surface area contributed by atoms with Gasteiger partial charge in [0.25, 0.3) is 0 Å². The molecule has 1 aromatic carbocycles. The average Bonchev–Trinajstić information content (AvgIpc) is 2.19. The standard InChI is InChI=1S/C10H14N2O3/c1-3-6(2)8-4-7(11)5-9(10(8)13)12(14)15/h4-6,13H,3,11H2,1-2H3. The summed E-state index contributed by atoms with van der Waals surface area (Å²) in [7, 11) is 0. The number of nitro groups is 1. The van der Waals surface area contributed by atoms with Gasteiger partial charge in [-0.25, -0.2) is 0 Å². The minimum atomic E-state index is -0.627. The van der Waals surface area contributed by atoms with Gasteiger partial charge in [0.2, 0.25) is 0 Å². The molecule has 1 atom stereocenters. The van der Waals surface area contributed by atoms with Crippen LogP contribution < -0.4 is 5.73 Å². The van der Waals surface area contributed by atoms with Crippen LogP contribution in [0.5, 0.6) is 5.75 Å². The Balaban J connectivity index is 3.34. The molecular weight excluding hydrogens is 196 g/mol. The van der Waals surface area contributed by atoms with Crippen molar-refractivity contribution in [2.24, 2.45) is 0 Å². The van der Waals surface area contributed by atoms with Crippen molar-refractivity contribution in [3.63, 3.8) is 0 Å². The van der Waals surface area contributed by atoms with Gasteiger partial charge in [-0.3, -0.25) is 10.1 Å². The molecule has 0 bridgehead atoms. The van der Waals surface area contributed by atoms with Crippen molar-refractivity contribution in [1.82, 2.24) is 0 Å². The Bertz CT molecular complexity index is 390. The summed E-state index contributed by atoms with van der Waals surface area (Å²) in [4.78, 5) is 10.00. The number of aromatic hydroxyl groups is 1. The Morgan fingerprint density at radius 3 is 2.67 bits per heavy atom. The van der Waals surface area contributed by atoms with Crippen molar-refractivity contribution in [3.05, 3.63) is 27.8 Å². The molecule has 0 aliphatic carbocycles. The average molecular weight is 210 g/mol. The number of nitro benzene ring substituents is 1. The molecule has 1 aromatic rings. The van der Waals surface area contributed by atoms with E-state index >= 15 is 0 Å². The SMILES string of the molecule is CCC(C)c1cc(N)cc([N+](=O)[O-])c1O. The maximum atomic E-state index is 10.6. The van der Waals surface area contributed by atoms with Crippen LogP contribution in [0.4, 0.5) is 11.4 Å². The molecule has 1 rings (SSSR count). The summed E-state index contributed by atoms with van der Waals surface area (Å²) in [5, 5.41) is 20.3. The van der Waals surface area contributed by atoms with Gasteiger partial charge in [-0.1, -0.05) is 13.8 Å². The quantitative estimate of drug-likeness (QED) is 0.347. The number of rotatable bonds is 3. The van der Waals surface area contributed by atoms with Crippen molar-refractivity contribution >= 4 is 11.4 Å². The third kappa shape index (κ3) is 2.18. The second-order valence-electron chi connectivity index (χ2n) is 3.54. The first kappa shape index (κ1) is 11.3. The van der Waals surface area contributed by atoms with E-state index in [1.807, 2.05) is 13.8 Å². The van der Waals surface area contributed by atoms with Crippen LogP contribution in [-0.2, 0) is 0 Å². The number of nitrogens with two attached hydrogens (primary N) is 1.